The Morgan fingerprint density at radius 2 is 0.625 bits per heavy atom. The summed E-state index contributed by atoms with van der Waals surface area (Å²) in [6.45, 7) is 10.6. The van der Waals surface area contributed by atoms with Gasteiger partial charge in [-0.1, -0.05) is 0 Å². The molecule has 0 unspecified atom stereocenters. The first-order chi connectivity index (χ1) is 10.0. The van der Waals surface area contributed by atoms with Crippen molar-refractivity contribution in [2.75, 3.05) is 52.4 Å². The Kier molecular flexibility index (Phi) is 26.0. The Morgan fingerprint density at radius 1 is 0.542 bits per heavy atom. The van der Waals surface area contributed by atoms with E-state index in [2.05, 4.69) is 21.3 Å². The van der Waals surface area contributed by atoms with Crippen LogP contribution in [0.1, 0.15) is 0 Å². The van der Waals surface area contributed by atoms with Crippen molar-refractivity contribution in [3.8, 4) is 0 Å². The summed E-state index contributed by atoms with van der Waals surface area (Å²) in [6.07, 6.45) is 0. The van der Waals surface area contributed by atoms with Gasteiger partial charge in [0.05, 0.1) is 0 Å². The molecule has 24 heavy (non-hydrogen) atoms. The van der Waals surface area contributed by atoms with Crippen LogP contribution in [0.5, 0.6) is 0 Å². The predicted molar refractivity (Wildman–Crippen MR) is 71.2 cm³/mol. The minimum atomic E-state index is -5.62. The van der Waals surface area contributed by atoms with Crippen molar-refractivity contribution in [3.63, 3.8) is 0 Å². The van der Waals surface area contributed by atoms with Crippen LogP contribution < -0.4 is 37.6 Å². The van der Waals surface area contributed by atoms with Gasteiger partial charge in [0.2, 0.25) is 0 Å². The van der Waals surface area contributed by atoms with Crippen LogP contribution in [0.3, 0.4) is 0 Å². The molecule has 0 radical (unpaired) electrons. The van der Waals surface area contributed by atoms with Crippen LogP contribution in [0.15, 0.2) is 0 Å². The summed E-state index contributed by atoms with van der Waals surface area (Å²) in [6, 6.07) is 0. The predicted octanol–water partition coefficient (Wildman–Crippen LogP) is -14.3. The van der Waals surface area contributed by atoms with E-state index < -0.39 is 29.0 Å². The molecule has 2 fully saturated rings. The molecule has 2 heterocycles. The molecule has 0 aromatic carbocycles. The molecule has 0 aliphatic carbocycles. The quantitative estimate of drug-likeness (QED) is 0.176. The zero-order valence-electron chi connectivity index (χ0n) is 13.2. The molecule has 14 nitrogen and oxygen atoms in total. The van der Waals surface area contributed by atoms with E-state index in [1.807, 2.05) is 0 Å². The first-order valence-corrected chi connectivity index (χ1v) is 13.0. The Balaban J connectivity index is -0.000000109. The molecule has 152 valence electrons. The van der Waals surface area contributed by atoms with Gasteiger partial charge >= 0.3 is 61.1 Å². The number of hydrogen-bond donors (Lipinski definition) is 6. The van der Waals surface area contributed by atoms with Crippen LogP contribution in [-0.2, 0) is 7.48 Å². The van der Waals surface area contributed by atoms with Crippen molar-refractivity contribution in [2.24, 2.45) is 0 Å². The van der Waals surface area contributed by atoms with Crippen molar-refractivity contribution < 1.29 is 64.3 Å². The van der Waals surface area contributed by atoms with Gasteiger partial charge < -0.3 is 32.2 Å². The van der Waals surface area contributed by atoms with Crippen molar-refractivity contribution in [1.82, 2.24) is 0 Å². The maximum absolute atomic E-state index is 8.72. The molecular formula is C8H30As2N4O10. The number of hydrogen-bond acceptors (Lipinski definition) is 6. The van der Waals surface area contributed by atoms with Gasteiger partial charge in [0.25, 0.3) is 0 Å². The van der Waals surface area contributed by atoms with Gasteiger partial charge in [-0.2, -0.15) is 0 Å². The van der Waals surface area contributed by atoms with E-state index in [-0.39, 0.29) is 11.0 Å². The van der Waals surface area contributed by atoms with E-state index in [1.165, 1.54) is 52.4 Å². The molecule has 2 saturated heterocycles. The fourth-order valence-electron chi connectivity index (χ4n) is 1.52. The molecule has 2 aliphatic heterocycles. The molecule has 0 aromatic heterocycles. The summed E-state index contributed by atoms with van der Waals surface area (Å²) in [4.78, 5) is 0. The summed E-state index contributed by atoms with van der Waals surface area (Å²) in [5, 5.41) is 9.44. The molecule has 2 rings (SSSR count). The Bertz CT molecular complexity index is 259. The molecule has 0 bridgehead atoms. The fourth-order valence-corrected chi connectivity index (χ4v) is 1.52. The Morgan fingerprint density at radius 3 is 0.667 bits per heavy atom. The number of nitrogens with two attached hydrogens (primary N) is 4. The normalized spacial score (nSPS) is 16.9. The molecular weight excluding hydrogens is 462 g/mol. The molecule has 2 aliphatic rings. The van der Waals surface area contributed by atoms with Crippen LogP contribution in [0.4, 0.5) is 0 Å². The second-order valence-electron chi connectivity index (χ2n) is 4.40. The van der Waals surface area contributed by atoms with E-state index in [9.17, 15) is 0 Å². The summed E-state index contributed by atoms with van der Waals surface area (Å²) in [7, 11) is 0. The summed E-state index contributed by atoms with van der Waals surface area (Å²) >= 11 is -11.2. The van der Waals surface area contributed by atoms with E-state index in [1.54, 1.807) is 0 Å². The van der Waals surface area contributed by atoms with Crippen molar-refractivity contribution in [3.05, 3.63) is 0 Å². The molecule has 16 heteroatoms. The minimum absolute atomic E-state index is 0. The third-order valence-corrected chi connectivity index (χ3v) is 2.30. The first kappa shape index (κ1) is 32.0. The molecule has 14 N–H and O–H groups in total. The second-order valence-corrected chi connectivity index (χ2v) is 8.33. The molecule has 0 spiro atoms. The third-order valence-electron chi connectivity index (χ3n) is 2.30. The number of rotatable bonds is 0. The van der Waals surface area contributed by atoms with E-state index in [0.29, 0.717) is 0 Å². The van der Waals surface area contributed by atoms with Gasteiger partial charge in [-0.05, 0) is 0 Å². The SMILES string of the molecule is C1C[NH2+]CC[NH2+]1.C1C[NH2+]CC[NH2+]1.O.O.O=[As]([O-])([O-])O.O=[As]([O-])([O-])O. The maximum atomic E-state index is 8.72. The van der Waals surface area contributed by atoms with Crippen LogP contribution in [0, 0.1) is 0 Å². The Hall–Kier alpha value is 0.237. The van der Waals surface area contributed by atoms with Gasteiger partial charge in [-0.25, -0.2) is 0 Å². The first-order valence-electron chi connectivity index (χ1n) is 6.76. The number of piperazine rings is 2. The van der Waals surface area contributed by atoms with Crippen LogP contribution in [0.2, 0.25) is 0 Å². The van der Waals surface area contributed by atoms with Gasteiger partial charge in [-0.3, -0.25) is 0 Å². The monoisotopic (exact) mass is 492 g/mol. The van der Waals surface area contributed by atoms with E-state index in [4.69, 9.17) is 32.1 Å². The van der Waals surface area contributed by atoms with Gasteiger partial charge in [0.1, 0.15) is 52.4 Å². The van der Waals surface area contributed by atoms with Crippen molar-refractivity contribution >= 4 is 29.0 Å². The molecule has 0 amide bonds. The fraction of sp³-hybridized carbons (Fsp3) is 1.00. The number of quaternary nitrogens is 4. The van der Waals surface area contributed by atoms with Crippen LogP contribution in [-0.4, -0.2) is 101 Å². The summed E-state index contributed by atoms with van der Waals surface area (Å²) in [5.74, 6) is 0. The third kappa shape index (κ3) is 67.0. The van der Waals surface area contributed by atoms with Crippen molar-refractivity contribution in [1.29, 1.82) is 0 Å². The summed E-state index contributed by atoms with van der Waals surface area (Å²) < 4.78 is 66.4. The molecule has 0 atom stereocenters. The molecule has 0 saturated carbocycles. The van der Waals surface area contributed by atoms with Crippen LogP contribution in [0.25, 0.3) is 0 Å². The summed E-state index contributed by atoms with van der Waals surface area (Å²) in [5.41, 5.74) is 0. The van der Waals surface area contributed by atoms with E-state index >= 15 is 0 Å². The topological polar surface area (TPSA) is 296 Å². The van der Waals surface area contributed by atoms with Crippen molar-refractivity contribution in [2.45, 2.75) is 0 Å². The second kappa shape index (κ2) is 19.6. The van der Waals surface area contributed by atoms with Gasteiger partial charge in [-0.15, -0.1) is 0 Å². The standard InChI is InChI=1S/2C4H10N2.2AsH3O4.2H2O/c2*1-2-6-4-3-5-1;2*2-1(3,4)5;;/h2*5-6H,1-4H2;2*(H3,2,3,4,5);2*1H2. The Labute approximate surface area is 146 Å². The average molecular weight is 492 g/mol. The molecule has 0 aromatic rings. The van der Waals surface area contributed by atoms with E-state index in [0.717, 1.165) is 0 Å². The zero-order valence-corrected chi connectivity index (χ0v) is 17.0. The van der Waals surface area contributed by atoms with Gasteiger partial charge in [0.15, 0.2) is 0 Å². The van der Waals surface area contributed by atoms with Gasteiger partial charge in [0, 0.05) is 0 Å². The van der Waals surface area contributed by atoms with Crippen LogP contribution >= 0.6 is 0 Å². The average Bonchev–Trinajstić information content (AvgIpc) is 2.40. The zero-order chi connectivity index (χ0) is 17.5.